The van der Waals surface area contributed by atoms with Crippen LogP contribution in [0.5, 0.6) is 5.88 Å². The first-order valence-corrected chi connectivity index (χ1v) is 10.7. The summed E-state index contributed by atoms with van der Waals surface area (Å²) in [5, 5.41) is 7.83. The van der Waals surface area contributed by atoms with E-state index in [4.69, 9.17) is 9.84 Å². The lowest BCUT2D eigenvalue weighted by Crippen LogP contribution is -2.37. The highest BCUT2D eigenvalue weighted by molar-refractivity contribution is 5.92. The van der Waals surface area contributed by atoms with Crippen LogP contribution in [0.4, 0.5) is 4.39 Å². The fraction of sp³-hybridized carbons (Fsp3) is 0.200. The highest BCUT2D eigenvalue weighted by Crippen LogP contribution is 2.25. The molecule has 0 saturated carbocycles. The molecule has 7 nitrogen and oxygen atoms in total. The monoisotopic (exact) mass is 443 g/mol. The number of hydrogen-bond donors (Lipinski definition) is 1. The number of fused-ring (bicyclic) bond motifs is 2. The Morgan fingerprint density at radius 3 is 2.88 bits per heavy atom. The van der Waals surface area contributed by atoms with Crippen molar-refractivity contribution in [3.05, 3.63) is 83.6 Å². The number of halogens is 1. The largest absolute Gasteiger partial charge is 0.481 e. The summed E-state index contributed by atoms with van der Waals surface area (Å²) in [6.07, 6.45) is 9.18. The van der Waals surface area contributed by atoms with Crippen LogP contribution in [0, 0.1) is 5.82 Å². The molecule has 1 aromatic carbocycles. The Labute approximate surface area is 189 Å². The normalized spacial score (nSPS) is 15.5. The minimum absolute atomic E-state index is 0.0212. The number of aryl methyl sites for hydroxylation is 1. The molecule has 1 aliphatic rings. The van der Waals surface area contributed by atoms with Gasteiger partial charge in [-0.25, -0.2) is 14.1 Å². The standard InChI is InChI=1S/C25H22FN5O2/c1-33-24-11-9-21-25(29-24)22(12-13-27-21)31-15-17-14-19(7-8-20(17)30-31)28-23(32)10-4-16-2-5-18(26)6-3-16/h2-6,9-13,15,19H,7-8,14H2,1H3,(H,28,32)/b10-4+. The van der Waals surface area contributed by atoms with Crippen LogP contribution in [-0.2, 0) is 17.6 Å². The van der Waals surface area contributed by atoms with Gasteiger partial charge in [-0.05, 0) is 60.7 Å². The number of benzene rings is 1. The zero-order chi connectivity index (χ0) is 22.8. The summed E-state index contributed by atoms with van der Waals surface area (Å²) in [5.74, 6) is 0.0477. The maximum absolute atomic E-state index is 13.0. The van der Waals surface area contributed by atoms with Crippen molar-refractivity contribution < 1.29 is 13.9 Å². The van der Waals surface area contributed by atoms with Crippen LogP contribution in [0.2, 0.25) is 0 Å². The van der Waals surface area contributed by atoms with Gasteiger partial charge in [0.2, 0.25) is 11.8 Å². The summed E-state index contributed by atoms with van der Waals surface area (Å²) in [4.78, 5) is 21.3. The van der Waals surface area contributed by atoms with E-state index < -0.39 is 0 Å². The fourth-order valence-electron chi connectivity index (χ4n) is 4.04. The number of carbonyl (C=O) groups is 1. The van der Waals surface area contributed by atoms with Crippen LogP contribution in [0.1, 0.15) is 23.2 Å². The van der Waals surface area contributed by atoms with E-state index in [1.165, 1.54) is 18.2 Å². The van der Waals surface area contributed by atoms with Crippen LogP contribution in [0.25, 0.3) is 22.8 Å². The van der Waals surface area contributed by atoms with Crippen LogP contribution < -0.4 is 10.1 Å². The highest BCUT2D eigenvalue weighted by atomic mass is 19.1. The summed E-state index contributed by atoms with van der Waals surface area (Å²) in [6, 6.07) is 11.6. The Morgan fingerprint density at radius 1 is 1.21 bits per heavy atom. The maximum atomic E-state index is 13.0. The maximum Gasteiger partial charge on any atom is 0.244 e. The number of amides is 1. The average Bonchev–Trinajstić information content (AvgIpc) is 3.26. The molecule has 0 fully saturated rings. The number of nitrogens with zero attached hydrogens (tertiary/aromatic N) is 4. The van der Waals surface area contributed by atoms with Crippen LogP contribution in [0.3, 0.4) is 0 Å². The molecule has 1 unspecified atom stereocenters. The van der Waals surface area contributed by atoms with E-state index in [1.54, 1.807) is 37.6 Å². The lowest BCUT2D eigenvalue weighted by Gasteiger charge is -2.21. The van der Waals surface area contributed by atoms with Gasteiger partial charge in [0, 0.05) is 30.6 Å². The van der Waals surface area contributed by atoms with Gasteiger partial charge in [-0.2, -0.15) is 5.10 Å². The molecule has 3 aromatic heterocycles. The van der Waals surface area contributed by atoms with Gasteiger partial charge in [0.25, 0.3) is 0 Å². The zero-order valence-corrected chi connectivity index (χ0v) is 18.0. The molecule has 1 aliphatic carbocycles. The van der Waals surface area contributed by atoms with Gasteiger partial charge < -0.3 is 10.1 Å². The van der Waals surface area contributed by atoms with Crippen molar-refractivity contribution in [2.45, 2.75) is 25.3 Å². The first-order chi connectivity index (χ1) is 16.1. The van der Waals surface area contributed by atoms with Gasteiger partial charge in [0.15, 0.2) is 0 Å². The number of aromatic nitrogens is 4. The average molecular weight is 443 g/mol. The third-order valence-electron chi connectivity index (χ3n) is 5.71. The summed E-state index contributed by atoms with van der Waals surface area (Å²) in [7, 11) is 1.58. The molecule has 1 N–H and O–H groups in total. The molecule has 8 heteroatoms. The molecule has 0 aliphatic heterocycles. The molecular weight excluding hydrogens is 421 g/mol. The Bertz CT molecular complexity index is 1350. The van der Waals surface area contributed by atoms with E-state index in [0.717, 1.165) is 40.9 Å². The van der Waals surface area contributed by atoms with E-state index in [-0.39, 0.29) is 17.8 Å². The highest BCUT2D eigenvalue weighted by Gasteiger charge is 2.23. The molecule has 0 saturated heterocycles. The zero-order valence-electron chi connectivity index (χ0n) is 18.0. The molecule has 0 bridgehead atoms. The number of carbonyl (C=O) groups excluding carboxylic acids is 1. The number of rotatable bonds is 5. The van der Waals surface area contributed by atoms with Crippen molar-refractivity contribution >= 4 is 23.0 Å². The third-order valence-corrected chi connectivity index (χ3v) is 5.71. The van der Waals surface area contributed by atoms with Crippen molar-refractivity contribution in [1.29, 1.82) is 0 Å². The second-order valence-electron chi connectivity index (χ2n) is 7.93. The molecule has 33 heavy (non-hydrogen) atoms. The van der Waals surface area contributed by atoms with Gasteiger partial charge in [-0.15, -0.1) is 0 Å². The van der Waals surface area contributed by atoms with E-state index >= 15 is 0 Å². The van der Waals surface area contributed by atoms with Gasteiger partial charge >= 0.3 is 0 Å². The summed E-state index contributed by atoms with van der Waals surface area (Å²) in [6.45, 7) is 0. The molecule has 0 radical (unpaired) electrons. The Hall–Kier alpha value is -4.07. The Morgan fingerprint density at radius 2 is 2.06 bits per heavy atom. The quantitative estimate of drug-likeness (QED) is 0.476. The molecule has 1 atom stereocenters. The summed E-state index contributed by atoms with van der Waals surface area (Å²) < 4.78 is 20.1. The predicted molar refractivity (Wildman–Crippen MR) is 123 cm³/mol. The number of nitrogens with one attached hydrogen (secondary N) is 1. The van der Waals surface area contributed by atoms with Crippen LogP contribution in [-0.4, -0.2) is 38.8 Å². The van der Waals surface area contributed by atoms with E-state index in [1.807, 2.05) is 23.0 Å². The van der Waals surface area contributed by atoms with Gasteiger partial charge in [0.1, 0.15) is 11.3 Å². The lowest BCUT2D eigenvalue weighted by atomic mass is 9.93. The van der Waals surface area contributed by atoms with Crippen molar-refractivity contribution in [2.24, 2.45) is 0 Å². The molecule has 4 aromatic rings. The first kappa shape index (κ1) is 20.8. The SMILES string of the molecule is COc1ccc2nccc(-n3cc4c(n3)CCC(NC(=O)/C=C/c3ccc(F)cc3)C4)c2n1. The first-order valence-electron chi connectivity index (χ1n) is 10.7. The van der Waals surface area contributed by atoms with Crippen molar-refractivity contribution in [3.63, 3.8) is 0 Å². The minimum atomic E-state index is -0.301. The topological polar surface area (TPSA) is 81.9 Å². The Balaban J connectivity index is 1.31. The number of pyridine rings is 2. The van der Waals surface area contributed by atoms with E-state index in [2.05, 4.69) is 15.3 Å². The smallest absolute Gasteiger partial charge is 0.244 e. The van der Waals surface area contributed by atoms with Crippen molar-refractivity contribution in [2.75, 3.05) is 7.11 Å². The molecule has 166 valence electrons. The van der Waals surface area contributed by atoms with E-state index in [9.17, 15) is 9.18 Å². The second kappa shape index (κ2) is 8.82. The van der Waals surface area contributed by atoms with Crippen molar-refractivity contribution in [3.8, 4) is 11.6 Å². The molecular formula is C25H22FN5O2. The lowest BCUT2D eigenvalue weighted by molar-refractivity contribution is -0.117. The van der Waals surface area contributed by atoms with Gasteiger partial charge in [-0.1, -0.05) is 12.1 Å². The third kappa shape index (κ3) is 4.45. The molecule has 3 heterocycles. The van der Waals surface area contributed by atoms with Gasteiger partial charge in [-0.3, -0.25) is 9.78 Å². The molecule has 1 amide bonds. The number of ether oxygens (including phenoxy) is 1. The second-order valence-corrected chi connectivity index (χ2v) is 7.93. The van der Waals surface area contributed by atoms with Crippen LogP contribution in [0.15, 0.2) is 60.9 Å². The fourth-order valence-corrected chi connectivity index (χ4v) is 4.04. The predicted octanol–water partition coefficient (Wildman–Crippen LogP) is 3.65. The minimum Gasteiger partial charge on any atom is -0.481 e. The summed E-state index contributed by atoms with van der Waals surface area (Å²) >= 11 is 0. The molecule has 0 spiro atoms. The van der Waals surface area contributed by atoms with E-state index in [0.29, 0.717) is 17.8 Å². The van der Waals surface area contributed by atoms with Crippen molar-refractivity contribution in [1.82, 2.24) is 25.1 Å². The summed E-state index contributed by atoms with van der Waals surface area (Å²) in [5.41, 5.74) is 5.20. The number of methoxy groups -OCH3 is 1. The Kier molecular flexibility index (Phi) is 5.56. The number of hydrogen-bond acceptors (Lipinski definition) is 5. The van der Waals surface area contributed by atoms with Crippen LogP contribution >= 0.6 is 0 Å². The van der Waals surface area contributed by atoms with Gasteiger partial charge in [0.05, 0.1) is 24.0 Å². The molecule has 5 rings (SSSR count).